The van der Waals surface area contributed by atoms with E-state index < -0.39 is 12.6 Å². The van der Waals surface area contributed by atoms with Gasteiger partial charge in [0, 0.05) is 4.48 Å². The molecule has 0 atom stereocenters. The summed E-state index contributed by atoms with van der Waals surface area (Å²) in [6.45, 7) is 3.44. The molecule has 1 aromatic carbocycles. The molecular formula is C14H13BrN2O4. The third-order valence-corrected chi connectivity index (χ3v) is 2.98. The van der Waals surface area contributed by atoms with Crippen LogP contribution in [0.15, 0.2) is 40.1 Å². The Balaban J connectivity index is 2.47. The van der Waals surface area contributed by atoms with E-state index in [-0.39, 0.29) is 18.7 Å². The summed E-state index contributed by atoms with van der Waals surface area (Å²) in [5.74, 6) is -0.713. The van der Waals surface area contributed by atoms with Gasteiger partial charge in [-0.25, -0.2) is 9.78 Å². The summed E-state index contributed by atoms with van der Waals surface area (Å²) in [6.07, 6.45) is 0. The van der Waals surface area contributed by atoms with Crippen molar-refractivity contribution in [3.05, 3.63) is 51.5 Å². The molecule has 0 amide bonds. The number of ether oxygens (including phenoxy) is 1. The van der Waals surface area contributed by atoms with E-state index >= 15 is 0 Å². The number of rotatable bonds is 6. The minimum Gasteiger partial charge on any atom is -0.480 e. The fourth-order valence-corrected chi connectivity index (χ4v) is 2.14. The molecule has 7 heteroatoms. The van der Waals surface area contributed by atoms with Crippen LogP contribution in [0, 0.1) is 0 Å². The van der Waals surface area contributed by atoms with Crippen LogP contribution < -0.4 is 5.56 Å². The molecule has 0 aliphatic carbocycles. The monoisotopic (exact) mass is 352 g/mol. The minimum atomic E-state index is -1.07. The molecule has 0 unspecified atom stereocenters. The molecule has 0 aliphatic rings. The van der Waals surface area contributed by atoms with E-state index in [2.05, 4.69) is 27.5 Å². The quantitative estimate of drug-likeness (QED) is 0.858. The Bertz CT molecular complexity index is 754. The topological polar surface area (TPSA) is 81.4 Å². The number of allylic oxidation sites excluding steroid dienone is 1. The maximum atomic E-state index is 12.5. The molecule has 1 aromatic heterocycles. The number of carbonyl (C=O) groups is 1. The summed E-state index contributed by atoms with van der Waals surface area (Å²) in [5, 5.41) is 9.09. The summed E-state index contributed by atoms with van der Waals surface area (Å²) < 4.78 is 7.07. The maximum Gasteiger partial charge on any atom is 0.329 e. The van der Waals surface area contributed by atoms with Crippen molar-refractivity contribution >= 4 is 32.8 Å². The third kappa shape index (κ3) is 3.77. The molecule has 1 N–H and O–H groups in total. The Hall–Kier alpha value is -1.99. The van der Waals surface area contributed by atoms with Gasteiger partial charge in [0.1, 0.15) is 19.0 Å². The van der Waals surface area contributed by atoms with Gasteiger partial charge in [-0.1, -0.05) is 34.6 Å². The number of nitrogens with zero attached hydrogens (tertiary/aromatic N) is 2. The molecule has 0 fully saturated rings. The fourth-order valence-electron chi connectivity index (χ4n) is 1.89. The minimum absolute atomic E-state index is 0.0628. The average molecular weight is 353 g/mol. The molecule has 21 heavy (non-hydrogen) atoms. The van der Waals surface area contributed by atoms with Crippen LogP contribution in [0.3, 0.4) is 0 Å². The third-order valence-electron chi connectivity index (χ3n) is 2.73. The zero-order chi connectivity index (χ0) is 15.4. The lowest BCUT2D eigenvalue weighted by molar-refractivity contribution is -0.142. The lowest BCUT2D eigenvalue weighted by Gasteiger charge is -2.12. The van der Waals surface area contributed by atoms with Crippen molar-refractivity contribution in [1.82, 2.24) is 9.55 Å². The first-order valence-electron chi connectivity index (χ1n) is 6.10. The first-order valence-corrected chi connectivity index (χ1v) is 6.89. The van der Waals surface area contributed by atoms with Crippen molar-refractivity contribution in [3.63, 3.8) is 0 Å². The number of fused-ring (bicyclic) bond motifs is 1. The van der Waals surface area contributed by atoms with Crippen LogP contribution in [-0.4, -0.2) is 27.2 Å². The summed E-state index contributed by atoms with van der Waals surface area (Å²) in [4.78, 5) is 27.3. The summed E-state index contributed by atoms with van der Waals surface area (Å²) >= 11 is 3.22. The van der Waals surface area contributed by atoms with Crippen molar-refractivity contribution < 1.29 is 14.6 Å². The van der Waals surface area contributed by atoms with Gasteiger partial charge in [-0.2, -0.15) is 0 Å². The Morgan fingerprint density at radius 1 is 1.43 bits per heavy atom. The first-order chi connectivity index (χ1) is 9.99. The Kier molecular flexibility index (Phi) is 4.87. The summed E-state index contributed by atoms with van der Waals surface area (Å²) in [5.41, 5.74) is 0.336. The Morgan fingerprint density at radius 3 is 2.81 bits per heavy atom. The van der Waals surface area contributed by atoms with Crippen LogP contribution in [0.2, 0.25) is 0 Å². The van der Waals surface area contributed by atoms with Gasteiger partial charge in [0.2, 0.25) is 0 Å². The van der Waals surface area contributed by atoms with Crippen LogP contribution in [0.1, 0.15) is 5.82 Å². The van der Waals surface area contributed by atoms with E-state index in [1.54, 1.807) is 24.3 Å². The number of aromatic nitrogens is 2. The molecule has 0 saturated heterocycles. The smallest absolute Gasteiger partial charge is 0.329 e. The molecule has 1 heterocycles. The van der Waals surface area contributed by atoms with E-state index in [1.807, 2.05) is 0 Å². The molecule has 0 spiro atoms. The highest BCUT2D eigenvalue weighted by atomic mass is 79.9. The average Bonchev–Trinajstić information content (AvgIpc) is 2.42. The largest absolute Gasteiger partial charge is 0.480 e. The van der Waals surface area contributed by atoms with Gasteiger partial charge in [0.05, 0.1) is 17.4 Å². The SMILES string of the molecule is C=C(Br)Cn1c(COCC(=O)O)nc2ccccc2c1=O. The molecular weight excluding hydrogens is 340 g/mol. The van der Waals surface area contributed by atoms with E-state index in [0.717, 1.165) is 0 Å². The number of aliphatic carboxylic acids is 1. The van der Waals surface area contributed by atoms with Crippen LogP contribution in [-0.2, 0) is 22.7 Å². The predicted octanol–water partition coefficient (Wildman–Crippen LogP) is 1.91. The van der Waals surface area contributed by atoms with Crippen molar-refractivity contribution in [2.45, 2.75) is 13.2 Å². The Labute approximate surface area is 128 Å². The molecule has 6 nitrogen and oxygen atoms in total. The molecule has 0 saturated carbocycles. The second kappa shape index (κ2) is 6.64. The molecule has 0 aliphatic heterocycles. The highest BCUT2D eigenvalue weighted by molar-refractivity contribution is 9.11. The van der Waals surface area contributed by atoms with Crippen molar-refractivity contribution in [3.8, 4) is 0 Å². The van der Waals surface area contributed by atoms with Crippen molar-refractivity contribution in [1.29, 1.82) is 0 Å². The van der Waals surface area contributed by atoms with Gasteiger partial charge in [-0.05, 0) is 12.1 Å². The van der Waals surface area contributed by atoms with E-state index in [4.69, 9.17) is 9.84 Å². The number of carboxylic acids is 1. The molecule has 2 rings (SSSR count). The van der Waals surface area contributed by atoms with Gasteiger partial charge < -0.3 is 9.84 Å². The number of hydrogen-bond donors (Lipinski definition) is 1. The zero-order valence-corrected chi connectivity index (χ0v) is 12.7. The van der Waals surface area contributed by atoms with E-state index in [9.17, 15) is 9.59 Å². The number of benzene rings is 1. The summed E-state index contributed by atoms with van der Waals surface area (Å²) in [6, 6.07) is 6.97. The number of hydrogen-bond acceptors (Lipinski definition) is 4. The zero-order valence-electron chi connectivity index (χ0n) is 11.1. The second-order valence-electron chi connectivity index (χ2n) is 4.34. The number of halogens is 1. The molecule has 2 aromatic rings. The number of para-hydroxylation sites is 1. The predicted molar refractivity (Wildman–Crippen MR) is 81.4 cm³/mol. The number of carboxylic acid groups (broad SMARTS) is 1. The van der Waals surface area contributed by atoms with Crippen LogP contribution in [0.25, 0.3) is 10.9 Å². The van der Waals surface area contributed by atoms with Gasteiger partial charge in [0.25, 0.3) is 5.56 Å². The normalized spacial score (nSPS) is 10.7. The highest BCUT2D eigenvalue weighted by Gasteiger charge is 2.12. The Morgan fingerprint density at radius 2 is 2.14 bits per heavy atom. The lowest BCUT2D eigenvalue weighted by atomic mass is 10.2. The standard InChI is InChI=1S/C14H13BrN2O4/c1-9(15)6-17-12(7-21-8-13(18)19)16-11-5-3-2-4-10(11)14(17)20/h2-5H,1,6-8H2,(H,18,19). The van der Waals surface area contributed by atoms with Crippen molar-refractivity contribution in [2.24, 2.45) is 0 Å². The molecule has 0 radical (unpaired) electrons. The lowest BCUT2D eigenvalue weighted by Crippen LogP contribution is -2.26. The highest BCUT2D eigenvalue weighted by Crippen LogP contribution is 2.11. The summed E-state index contributed by atoms with van der Waals surface area (Å²) in [7, 11) is 0. The van der Waals surface area contributed by atoms with Gasteiger partial charge in [-0.15, -0.1) is 0 Å². The van der Waals surface area contributed by atoms with Crippen LogP contribution >= 0.6 is 15.9 Å². The van der Waals surface area contributed by atoms with Gasteiger partial charge >= 0.3 is 5.97 Å². The maximum absolute atomic E-state index is 12.5. The fraction of sp³-hybridized carbons (Fsp3) is 0.214. The van der Waals surface area contributed by atoms with Gasteiger partial charge in [-0.3, -0.25) is 9.36 Å². The van der Waals surface area contributed by atoms with Crippen LogP contribution in [0.5, 0.6) is 0 Å². The van der Waals surface area contributed by atoms with E-state index in [1.165, 1.54) is 4.57 Å². The van der Waals surface area contributed by atoms with E-state index in [0.29, 0.717) is 21.2 Å². The van der Waals surface area contributed by atoms with Crippen molar-refractivity contribution in [2.75, 3.05) is 6.61 Å². The molecule has 110 valence electrons. The second-order valence-corrected chi connectivity index (χ2v) is 5.46. The van der Waals surface area contributed by atoms with Crippen LogP contribution in [0.4, 0.5) is 0 Å². The van der Waals surface area contributed by atoms with Gasteiger partial charge in [0.15, 0.2) is 0 Å². The first kappa shape index (κ1) is 15.4. The molecule has 0 bridgehead atoms.